The topological polar surface area (TPSA) is 100 Å². The van der Waals surface area contributed by atoms with Crippen LogP contribution in [0, 0.1) is 0 Å². The summed E-state index contributed by atoms with van der Waals surface area (Å²) in [4.78, 5) is 41.4. The number of hydrazine groups is 1. The molecule has 1 heterocycles. The lowest BCUT2D eigenvalue weighted by Crippen LogP contribution is -2.51. The lowest BCUT2D eigenvalue weighted by atomic mass is 10.1. The van der Waals surface area contributed by atoms with Crippen LogP contribution in [0.5, 0.6) is 0 Å². The molecule has 3 amide bonds. The number of rotatable bonds is 7. The molecular weight excluding hydrogens is 468 g/mol. The highest BCUT2D eigenvalue weighted by Gasteiger charge is 2.17. The van der Waals surface area contributed by atoms with Crippen molar-refractivity contribution in [3.63, 3.8) is 0 Å². The van der Waals surface area contributed by atoms with Crippen LogP contribution in [0.25, 0.3) is 10.2 Å². The van der Waals surface area contributed by atoms with Crippen molar-refractivity contribution in [2.75, 3.05) is 0 Å². The molecule has 34 heavy (non-hydrogen) atoms. The minimum Gasteiger partial charge on any atom is -0.340 e. The van der Waals surface area contributed by atoms with Gasteiger partial charge in [0.2, 0.25) is 0 Å². The number of para-hydroxylation sites is 1. The molecule has 1 aromatic heterocycles. The average Bonchev–Trinajstić information content (AvgIpc) is 3.29. The van der Waals surface area contributed by atoms with E-state index in [0.29, 0.717) is 11.1 Å². The predicted molar refractivity (Wildman–Crippen MR) is 135 cm³/mol. The van der Waals surface area contributed by atoms with E-state index in [-0.39, 0.29) is 5.91 Å². The number of thiazole rings is 1. The standard InChI is InChI=1S/C25H22N4O3S2/c1-16(26-23(31)18-7-3-2-4-8-18)22(30)28-29-24(32)19-13-11-17(12-14-19)15-33-25-27-20-9-5-6-10-21(20)34-25/h2-14,16H,15H2,1H3,(H,26,31)(H,28,30)(H,29,32). The lowest BCUT2D eigenvalue weighted by Gasteiger charge is -2.14. The molecule has 0 bridgehead atoms. The number of benzene rings is 3. The maximum absolute atomic E-state index is 12.4. The maximum Gasteiger partial charge on any atom is 0.269 e. The van der Waals surface area contributed by atoms with E-state index < -0.39 is 17.9 Å². The Balaban J connectivity index is 1.24. The van der Waals surface area contributed by atoms with Crippen molar-refractivity contribution < 1.29 is 14.4 Å². The van der Waals surface area contributed by atoms with E-state index in [0.717, 1.165) is 25.9 Å². The van der Waals surface area contributed by atoms with Gasteiger partial charge in [-0.1, -0.05) is 54.2 Å². The molecule has 172 valence electrons. The van der Waals surface area contributed by atoms with Gasteiger partial charge in [0.1, 0.15) is 6.04 Å². The SMILES string of the molecule is CC(NC(=O)c1ccccc1)C(=O)NNC(=O)c1ccc(CSc2nc3ccccc3s2)cc1. The van der Waals surface area contributed by atoms with E-state index in [4.69, 9.17) is 0 Å². The number of thioether (sulfide) groups is 1. The molecule has 3 aromatic carbocycles. The predicted octanol–water partition coefficient (Wildman–Crippen LogP) is 4.17. The lowest BCUT2D eigenvalue weighted by molar-refractivity contribution is -0.123. The van der Waals surface area contributed by atoms with Crippen LogP contribution in [0.3, 0.4) is 0 Å². The molecule has 0 fully saturated rings. The van der Waals surface area contributed by atoms with Crippen LogP contribution in [-0.4, -0.2) is 28.7 Å². The second-order valence-electron chi connectivity index (χ2n) is 7.44. The van der Waals surface area contributed by atoms with Crippen molar-refractivity contribution in [1.29, 1.82) is 0 Å². The third-order valence-corrected chi connectivity index (χ3v) is 7.18. The third-order valence-electron chi connectivity index (χ3n) is 4.93. The summed E-state index contributed by atoms with van der Waals surface area (Å²) in [7, 11) is 0. The Kier molecular flexibility index (Phi) is 7.56. The second-order valence-corrected chi connectivity index (χ2v) is 9.69. The average molecular weight is 491 g/mol. The van der Waals surface area contributed by atoms with Gasteiger partial charge in [0.25, 0.3) is 17.7 Å². The Morgan fingerprint density at radius 2 is 1.53 bits per heavy atom. The molecule has 0 aliphatic heterocycles. The van der Waals surface area contributed by atoms with Crippen molar-refractivity contribution >= 4 is 51.0 Å². The van der Waals surface area contributed by atoms with Crippen molar-refractivity contribution in [2.24, 2.45) is 0 Å². The van der Waals surface area contributed by atoms with Gasteiger partial charge in [0, 0.05) is 16.9 Å². The van der Waals surface area contributed by atoms with Crippen LogP contribution in [0.1, 0.15) is 33.2 Å². The Morgan fingerprint density at radius 3 is 2.26 bits per heavy atom. The first-order chi connectivity index (χ1) is 16.5. The first kappa shape index (κ1) is 23.5. The van der Waals surface area contributed by atoms with Crippen molar-refractivity contribution in [1.82, 2.24) is 21.2 Å². The van der Waals surface area contributed by atoms with Crippen LogP contribution >= 0.6 is 23.1 Å². The normalized spacial score (nSPS) is 11.6. The quantitative estimate of drug-likeness (QED) is 0.267. The summed E-state index contributed by atoms with van der Waals surface area (Å²) < 4.78 is 2.16. The van der Waals surface area contributed by atoms with Gasteiger partial charge in [-0.25, -0.2) is 4.98 Å². The van der Waals surface area contributed by atoms with E-state index in [1.165, 1.54) is 0 Å². The summed E-state index contributed by atoms with van der Waals surface area (Å²) in [6, 6.07) is 23.0. The molecule has 1 atom stereocenters. The van der Waals surface area contributed by atoms with Gasteiger partial charge in [-0.05, 0) is 48.9 Å². The van der Waals surface area contributed by atoms with Crippen LogP contribution in [0.4, 0.5) is 0 Å². The highest BCUT2D eigenvalue weighted by Crippen LogP contribution is 2.31. The molecule has 3 N–H and O–H groups in total. The minimum absolute atomic E-state index is 0.367. The van der Waals surface area contributed by atoms with E-state index in [9.17, 15) is 14.4 Å². The van der Waals surface area contributed by atoms with Crippen LogP contribution < -0.4 is 16.2 Å². The van der Waals surface area contributed by atoms with Gasteiger partial charge < -0.3 is 5.32 Å². The Morgan fingerprint density at radius 1 is 0.853 bits per heavy atom. The highest BCUT2D eigenvalue weighted by molar-refractivity contribution is 8.00. The number of hydrogen-bond acceptors (Lipinski definition) is 6. The number of aromatic nitrogens is 1. The molecule has 4 aromatic rings. The van der Waals surface area contributed by atoms with E-state index >= 15 is 0 Å². The maximum atomic E-state index is 12.4. The van der Waals surface area contributed by atoms with Crippen molar-refractivity contribution in [3.05, 3.63) is 95.6 Å². The Labute approximate surface area is 205 Å². The monoisotopic (exact) mass is 490 g/mol. The highest BCUT2D eigenvalue weighted by atomic mass is 32.2. The van der Waals surface area contributed by atoms with Gasteiger partial charge in [-0.3, -0.25) is 25.2 Å². The minimum atomic E-state index is -0.824. The van der Waals surface area contributed by atoms with E-state index in [1.54, 1.807) is 72.5 Å². The van der Waals surface area contributed by atoms with Crippen molar-refractivity contribution in [3.8, 4) is 0 Å². The number of amides is 3. The molecule has 0 saturated heterocycles. The Hall–Kier alpha value is -3.69. The zero-order chi connectivity index (χ0) is 23.9. The first-order valence-electron chi connectivity index (χ1n) is 10.5. The fourth-order valence-electron chi connectivity index (χ4n) is 3.04. The molecule has 4 rings (SSSR count). The summed E-state index contributed by atoms with van der Waals surface area (Å²) in [6.07, 6.45) is 0. The van der Waals surface area contributed by atoms with Crippen LogP contribution in [0.15, 0.2) is 83.2 Å². The molecule has 0 spiro atoms. The van der Waals surface area contributed by atoms with Gasteiger partial charge in [0.15, 0.2) is 4.34 Å². The zero-order valence-corrected chi connectivity index (χ0v) is 19.9. The van der Waals surface area contributed by atoms with Crippen LogP contribution in [-0.2, 0) is 10.5 Å². The van der Waals surface area contributed by atoms with E-state index in [2.05, 4.69) is 27.2 Å². The van der Waals surface area contributed by atoms with Gasteiger partial charge in [0.05, 0.1) is 10.2 Å². The largest absolute Gasteiger partial charge is 0.340 e. The molecule has 7 nitrogen and oxygen atoms in total. The molecule has 0 radical (unpaired) electrons. The molecular formula is C25H22N4O3S2. The molecule has 0 aliphatic carbocycles. The summed E-state index contributed by atoms with van der Waals surface area (Å²) in [5, 5.41) is 2.59. The molecule has 0 saturated carbocycles. The fraction of sp³-hybridized carbons (Fsp3) is 0.120. The van der Waals surface area contributed by atoms with Gasteiger partial charge >= 0.3 is 0 Å². The van der Waals surface area contributed by atoms with Gasteiger partial charge in [-0.15, -0.1) is 11.3 Å². The van der Waals surface area contributed by atoms with Crippen LogP contribution in [0.2, 0.25) is 0 Å². The first-order valence-corrected chi connectivity index (χ1v) is 12.3. The van der Waals surface area contributed by atoms with Gasteiger partial charge in [-0.2, -0.15) is 0 Å². The number of hydrogen-bond donors (Lipinski definition) is 3. The summed E-state index contributed by atoms with van der Waals surface area (Å²) >= 11 is 3.31. The number of nitrogens with one attached hydrogen (secondary N) is 3. The Bertz CT molecular complexity index is 1270. The zero-order valence-electron chi connectivity index (χ0n) is 18.3. The summed E-state index contributed by atoms with van der Waals surface area (Å²) in [5.41, 5.74) is 7.65. The number of fused-ring (bicyclic) bond motifs is 1. The third kappa shape index (κ3) is 6.00. The number of carbonyl (C=O) groups is 3. The van der Waals surface area contributed by atoms with E-state index in [1.807, 2.05) is 30.3 Å². The second kappa shape index (κ2) is 11.0. The summed E-state index contributed by atoms with van der Waals surface area (Å²) in [5.74, 6) is -0.604. The number of carbonyl (C=O) groups excluding carboxylic acids is 3. The number of nitrogens with zero attached hydrogens (tertiary/aromatic N) is 1. The van der Waals surface area contributed by atoms with Crippen molar-refractivity contribution in [2.45, 2.75) is 23.1 Å². The molecule has 0 aliphatic rings. The molecule has 9 heteroatoms. The summed E-state index contributed by atoms with van der Waals surface area (Å²) in [6.45, 7) is 1.54. The smallest absolute Gasteiger partial charge is 0.269 e. The molecule has 1 unspecified atom stereocenters. The fourth-order valence-corrected chi connectivity index (χ4v) is 5.07.